The quantitative estimate of drug-likeness (QED) is 0.489. The summed E-state index contributed by atoms with van der Waals surface area (Å²) in [6.45, 7) is 0. The molecule has 2 heterocycles. The van der Waals surface area contributed by atoms with Gasteiger partial charge in [-0.1, -0.05) is 24.3 Å². The van der Waals surface area contributed by atoms with Crippen LogP contribution in [0.2, 0.25) is 0 Å². The Hall–Kier alpha value is -2.13. The normalized spacial score (nSPS) is 11.3. The van der Waals surface area contributed by atoms with Gasteiger partial charge in [0.15, 0.2) is 12.0 Å². The summed E-state index contributed by atoms with van der Waals surface area (Å²) < 4.78 is 6.66. The first-order chi connectivity index (χ1) is 8.90. The molecule has 2 nitrogen and oxygen atoms in total. The van der Waals surface area contributed by atoms with Crippen molar-refractivity contribution in [1.29, 1.82) is 0 Å². The molecule has 0 N–H and O–H groups in total. The van der Waals surface area contributed by atoms with Gasteiger partial charge in [-0.2, -0.15) is 0 Å². The Balaban J connectivity index is 1.94. The molecule has 2 aromatic carbocycles. The molecule has 0 aliphatic carbocycles. The minimum Gasteiger partial charge on any atom is -0.443 e. The largest absolute Gasteiger partial charge is 0.443 e. The van der Waals surface area contributed by atoms with E-state index in [4.69, 9.17) is 4.42 Å². The van der Waals surface area contributed by atoms with Crippen LogP contribution in [0.25, 0.3) is 31.6 Å². The van der Waals surface area contributed by atoms with Gasteiger partial charge >= 0.3 is 0 Å². The predicted molar refractivity (Wildman–Crippen MR) is 74.8 cm³/mol. The molecule has 0 aliphatic heterocycles. The van der Waals surface area contributed by atoms with Crippen molar-refractivity contribution < 1.29 is 4.42 Å². The molecule has 3 heteroatoms. The van der Waals surface area contributed by atoms with Crippen molar-refractivity contribution in [3.63, 3.8) is 0 Å². The highest BCUT2D eigenvalue weighted by atomic mass is 32.1. The summed E-state index contributed by atoms with van der Waals surface area (Å²) in [7, 11) is 0. The van der Waals surface area contributed by atoms with Crippen LogP contribution in [0.4, 0.5) is 0 Å². The van der Waals surface area contributed by atoms with Gasteiger partial charge in [0.25, 0.3) is 0 Å². The predicted octanol–water partition coefficient (Wildman–Crippen LogP) is 4.71. The fraction of sp³-hybridized carbons (Fsp3) is 0. The highest BCUT2D eigenvalue weighted by molar-refractivity contribution is 7.22. The summed E-state index contributed by atoms with van der Waals surface area (Å²) in [4.78, 5) is 5.39. The molecule has 0 spiro atoms. The molecule has 0 atom stereocenters. The van der Waals surface area contributed by atoms with Gasteiger partial charge in [0.2, 0.25) is 0 Å². The lowest BCUT2D eigenvalue weighted by Crippen LogP contribution is -1.72. The van der Waals surface area contributed by atoms with E-state index in [0.717, 1.165) is 11.1 Å². The van der Waals surface area contributed by atoms with Crippen molar-refractivity contribution >= 4 is 32.5 Å². The average Bonchev–Trinajstić information content (AvgIpc) is 3.04. The number of nitrogens with zero attached hydrogens (tertiary/aromatic N) is 1. The van der Waals surface area contributed by atoms with E-state index < -0.39 is 0 Å². The second-order valence-electron chi connectivity index (χ2n) is 4.18. The van der Waals surface area contributed by atoms with Crippen LogP contribution in [0.1, 0.15) is 0 Å². The monoisotopic (exact) mass is 251 g/mol. The maximum atomic E-state index is 5.35. The Morgan fingerprint density at radius 2 is 1.94 bits per heavy atom. The van der Waals surface area contributed by atoms with Gasteiger partial charge in [-0.25, -0.2) is 4.98 Å². The zero-order chi connectivity index (χ0) is 11.9. The Kier molecular flexibility index (Phi) is 2.02. The van der Waals surface area contributed by atoms with Crippen LogP contribution in [0.5, 0.6) is 0 Å². The minimum absolute atomic E-state index is 0.838. The molecule has 0 radical (unpaired) electrons. The number of aromatic nitrogens is 1. The van der Waals surface area contributed by atoms with Gasteiger partial charge < -0.3 is 4.42 Å². The molecule has 86 valence electrons. The first-order valence-corrected chi connectivity index (χ1v) is 6.54. The molecule has 0 saturated heterocycles. The number of hydrogen-bond acceptors (Lipinski definition) is 3. The molecule has 18 heavy (non-hydrogen) atoms. The van der Waals surface area contributed by atoms with Crippen molar-refractivity contribution in [2.45, 2.75) is 0 Å². The smallest absolute Gasteiger partial charge is 0.181 e. The van der Waals surface area contributed by atoms with Gasteiger partial charge in [-0.15, -0.1) is 11.3 Å². The molecule has 0 fully saturated rings. The van der Waals surface area contributed by atoms with E-state index in [1.54, 1.807) is 11.3 Å². The van der Waals surface area contributed by atoms with Gasteiger partial charge in [0, 0.05) is 9.58 Å². The van der Waals surface area contributed by atoms with E-state index in [1.807, 2.05) is 12.1 Å². The highest BCUT2D eigenvalue weighted by Crippen LogP contribution is 2.34. The number of hydrogen-bond donors (Lipinski definition) is 0. The van der Waals surface area contributed by atoms with Crippen LogP contribution in [0, 0.1) is 0 Å². The Bertz CT molecular complexity index is 811. The third-order valence-electron chi connectivity index (χ3n) is 3.04. The molecule has 0 saturated carbocycles. The maximum Gasteiger partial charge on any atom is 0.181 e. The Labute approximate surface area is 108 Å². The summed E-state index contributed by atoms with van der Waals surface area (Å²) >= 11 is 1.80. The van der Waals surface area contributed by atoms with Crippen LogP contribution >= 0.6 is 11.3 Å². The van der Waals surface area contributed by atoms with E-state index in [2.05, 4.69) is 41.4 Å². The Morgan fingerprint density at radius 1 is 1.00 bits per heavy atom. The number of fused-ring (bicyclic) bond motifs is 2. The zero-order valence-corrected chi connectivity index (χ0v) is 10.3. The zero-order valence-electron chi connectivity index (χ0n) is 9.46. The lowest BCUT2D eigenvalue weighted by molar-refractivity contribution is 0.602. The number of oxazole rings is 1. The van der Waals surface area contributed by atoms with Gasteiger partial charge in [-0.3, -0.25) is 0 Å². The van der Waals surface area contributed by atoms with Crippen molar-refractivity contribution in [3.05, 3.63) is 54.9 Å². The Morgan fingerprint density at radius 3 is 2.89 bits per heavy atom. The summed E-state index contributed by atoms with van der Waals surface area (Å²) in [5.74, 6) is 0. The first kappa shape index (κ1) is 9.85. The van der Waals surface area contributed by atoms with Gasteiger partial charge in [0.05, 0.1) is 0 Å². The topological polar surface area (TPSA) is 26.0 Å². The summed E-state index contributed by atoms with van der Waals surface area (Å²) in [6.07, 6.45) is 1.49. The van der Waals surface area contributed by atoms with Gasteiger partial charge in [0.1, 0.15) is 5.52 Å². The van der Waals surface area contributed by atoms with Crippen LogP contribution in [0.15, 0.2) is 59.3 Å². The third kappa shape index (κ3) is 1.45. The van der Waals surface area contributed by atoms with Crippen molar-refractivity contribution in [2.24, 2.45) is 0 Å². The summed E-state index contributed by atoms with van der Waals surface area (Å²) in [5, 5.41) is 1.29. The lowest BCUT2D eigenvalue weighted by Gasteiger charge is -1.95. The van der Waals surface area contributed by atoms with Crippen molar-refractivity contribution in [2.75, 3.05) is 0 Å². The first-order valence-electron chi connectivity index (χ1n) is 5.72. The molecular weight excluding hydrogens is 242 g/mol. The van der Waals surface area contributed by atoms with Crippen molar-refractivity contribution in [3.8, 4) is 10.4 Å². The molecule has 0 amide bonds. The van der Waals surface area contributed by atoms with Crippen molar-refractivity contribution in [1.82, 2.24) is 4.98 Å². The second kappa shape index (κ2) is 3.68. The fourth-order valence-corrected chi connectivity index (χ4v) is 3.19. The van der Waals surface area contributed by atoms with Crippen LogP contribution in [-0.4, -0.2) is 4.98 Å². The number of rotatable bonds is 1. The molecule has 2 aromatic heterocycles. The standard InChI is InChI=1S/C15H9NOS/c1-2-4-14-10(3-1)8-15(18-14)11-5-6-12-13(7-11)17-9-16-12/h1-9H. The van der Waals surface area contributed by atoms with Crippen LogP contribution in [-0.2, 0) is 0 Å². The van der Waals surface area contributed by atoms with Crippen LogP contribution in [0.3, 0.4) is 0 Å². The molecule has 4 rings (SSSR count). The second-order valence-corrected chi connectivity index (χ2v) is 5.27. The van der Waals surface area contributed by atoms with Crippen LogP contribution < -0.4 is 0 Å². The number of benzene rings is 2. The minimum atomic E-state index is 0.838. The third-order valence-corrected chi connectivity index (χ3v) is 4.21. The molecule has 0 unspecified atom stereocenters. The number of thiophene rings is 1. The highest BCUT2D eigenvalue weighted by Gasteiger charge is 2.06. The fourth-order valence-electron chi connectivity index (χ4n) is 2.13. The molecular formula is C15H9NOS. The molecule has 0 bridgehead atoms. The lowest BCUT2D eigenvalue weighted by atomic mass is 10.1. The van der Waals surface area contributed by atoms with E-state index in [-0.39, 0.29) is 0 Å². The van der Waals surface area contributed by atoms with Gasteiger partial charge in [-0.05, 0) is 35.2 Å². The SMILES string of the molecule is c1ccc2sc(-c3ccc4ncoc4c3)cc2c1. The average molecular weight is 251 g/mol. The van der Waals surface area contributed by atoms with E-state index in [9.17, 15) is 0 Å². The summed E-state index contributed by atoms with van der Waals surface area (Å²) in [5.41, 5.74) is 2.92. The summed E-state index contributed by atoms with van der Waals surface area (Å²) in [6, 6.07) is 16.8. The molecule has 4 aromatic rings. The molecule has 0 aliphatic rings. The van der Waals surface area contributed by atoms with E-state index in [0.29, 0.717) is 0 Å². The van der Waals surface area contributed by atoms with E-state index in [1.165, 1.54) is 26.9 Å². The maximum absolute atomic E-state index is 5.35. The van der Waals surface area contributed by atoms with E-state index >= 15 is 0 Å².